The molecule has 16 heteroatoms. The van der Waals surface area contributed by atoms with Crippen LogP contribution in [0.25, 0.3) is 0 Å². The molecule has 0 aliphatic carbocycles. The minimum Gasteiger partial charge on any atom is -0.282 e. The molecule has 3 aromatic carbocycles. The van der Waals surface area contributed by atoms with Gasteiger partial charge in [-0.3, -0.25) is 14.1 Å². The molecule has 3 aromatic rings. The zero-order valence-corrected chi connectivity index (χ0v) is 25.8. The van der Waals surface area contributed by atoms with Crippen LogP contribution in [-0.2, 0) is 24.9 Å². The van der Waals surface area contributed by atoms with Gasteiger partial charge in [-0.1, -0.05) is 47.5 Å². The van der Waals surface area contributed by atoms with Crippen molar-refractivity contribution < 1.29 is 26.2 Å². The maximum Gasteiger partial charge on any atom is 0.296 e. The van der Waals surface area contributed by atoms with Gasteiger partial charge < -0.3 is 0 Å². The fraction of sp³-hybridized carbons (Fsp3) is 0.130. The monoisotopic (exact) mass is 618 g/mol. The van der Waals surface area contributed by atoms with Gasteiger partial charge in [0.2, 0.25) is 0 Å². The van der Waals surface area contributed by atoms with E-state index in [4.69, 9.17) is 23.2 Å². The summed E-state index contributed by atoms with van der Waals surface area (Å²) in [5.41, 5.74) is 1.28. The number of aryl methyl sites for hydroxylation is 1. The van der Waals surface area contributed by atoms with Crippen molar-refractivity contribution in [3.8, 4) is 0 Å². The van der Waals surface area contributed by atoms with Crippen molar-refractivity contribution in [2.24, 2.45) is 15.3 Å². The molecule has 1 aliphatic rings. The van der Waals surface area contributed by atoms with E-state index in [9.17, 15) is 26.2 Å². The number of hydrazone groups is 1. The number of anilines is 2. The van der Waals surface area contributed by atoms with E-state index in [1.165, 1.54) is 13.0 Å². The van der Waals surface area contributed by atoms with Crippen molar-refractivity contribution >= 4 is 102 Å². The largest absolute Gasteiger partial charge is 0.296 e. The summed E-state index contributed by atoms with van der Waals surface area (Å²) in [6.07, 6.45) is 0. The average molecular weight is 619 g/mol. The number of hydrogen-bond acceptors (Lipinski definition) is 8. The van der Waals surface area contributed by atoms with E-state index in [1.807, 2.05) is 0 Å². The van der Waals surface area contributed by atoms with Crippen LogP contribution in [0.5, 0.6) is 0 Å². The number of carbonyl (C=O) groups is 1. The van der Waals surface area contributed by atoms with Crippen LogP contribution < -0.4 is 9.73 Å². The molecule has 1 amide bonds. The number of azo groups is 1. The second kappa shape index (κ2) is 12.0. The number of benzene rings is 3. The summed E-state index contributed by atoms with van der Waals surface area (Å²) >= 11 is 12.1. The summed E-state index contributed by atoms with van der Waals surface area (Å²) in [5, 5.41) is 12.6. The van der Waals surface area contributed by atoms with Crippen molar-refractivity contribution in [3.05, 3.63) is 76.3 Å². The van der Waals surface area contributed by atoms with E-state index in [1.54, 1.807) is 49.4 Å². The third kappa shape index (κ3) is 6.87. The summed E-state index contributed by atoms with van der Waals surface area (Å²) in [5.74, 6) is -0.658. The van der Waals surface area contributed by atoms with Gasteiger partial charge >= 0.3 is 0 Å². The van der Waals surface area contributed by atoms with Crippen LogP contribution in [-0.4, -0.2) is 68.6 Å². The fourth-order valence-corrected chi connectivity index (χ4v) is 6.18. The van der Waals surface area contributed by atoms with E-state index in [0.717, 1.165) is 17.1 Å². The fourth-order valence-electron chi connectivity index (χ4n) is 3.52. The quantitative estimate of drug-likeness (QED) is 0.219. The Kier molecular flexibility index (Phi) is 9.61. The molecule has 1 atom stereocenters. The molecular weight excluding hydrogens is 600 g/mol. The van der Waals surface area contributed by atoms with Crippen molar-refractivity contribution in [1.82, 2.24) is 0 Å². The normalized spacial score (nSPS) is 15.8. The first-order valence-electron chi connectivity index (χ1n) is 10.7. The second-order valence-corrected chi connectivity index (χ2v) is 12.0. The van der Waals surface area contributed by atoms with Gasteiger partial charge in [-0.25, -0.2) is 8.42 Å². The van der Waals surface area contributed by atoms with Crippen LogP contribution in [0.4, 0.5) is 17.1 Å². The van der Waals surface area contributed by atoms with Gasteiger partial charge in [-0.2, -0.15) is 28.8 Å². The zero-order chi connectivity index (χ0) is 27.8. The topological polar surface area (TPSA) is 158 Å². The molecule has 0 spiro atoms. The van der Waals surface area contributed by atoms with E-state index in [0.29, 0.717) is 11.3 Å². The number of halogens is 2. The van der Waals surface area contributed by atoms with Gasteiger partial charge in [0.15, 0.2) is 6.04 Å². The second-order valence-electron chi connectivity index (χ2n) is 8.14. The molecule has 4 rings (SSSR count). The average Bonchev–Trinajstić information content (AvgIpc) is 3.12. The van der Waals surface area contributed by atoms with Gasteiger partial charge in [0.1, 0.15) is 4.90 Å². The Labute approximate surface area is 257 Å². The Morgan fingerprint density at radius 3 is 2.26 bits per heavy atom. The Morgan fingerprint density at radius 2 is 1.62 bits per heavy atom. The van der Waals surface area contributed by atoms with Crippen LogP contribution >= 0.6 is 23.2 Å². The molecule has 1 aliphatic heterocycles. The van der Waals surface area contributed by atoms with Gasteiger partial charge in [0, 0.05) is 35.2 Å². The van der Waals surface area contributed by atoms with Gasteiger partial charge in [-0.05, 0) is 55.8 Å². The first kappa shape index (κ1) is 31.2. The van der Waals surface area contributed by atoms with Gasteiger partial charge in [0.25, 0.3) is 26.0 Å². The van der Waals surface area contributed by atoms with E-state index in [-0.39, 0.29) is 61.6 Å². The molecule has 11 nitrogen and oxygen atoms in total. The molecule has 1 heterocycles. The molecule has 199 valence electrons. The summed E-state index contributed by atoms with van der Waals surface area (Å²) in [7, 11) is -8.57. The summed E-state index contributed by atoms with van der Waals surface area (Å²) < 4.78 is 60.6. The zero-order valence-electron chi connectivity index (χ0n) is 20.7. The Balaban J connectivity index is 0.00000420. The minimum atomic E-state index is -4.64. The van der Waals surface area contributed by atoms with Crippen LogP contribution in [0, 0.1) is 6.92 Å². The first-order chi connectivity index (χ1) is 17.8. The SMILES string of the molecule is CC1=NN(c2cc(Cl)c(S(=O)(=O)O)cc2Cl)C(=O)C1N=Nc1ccc(C)c(S(=O)(=O)Nc2ccccc2)c1.[Na]. The number of para-hydroxylation sites is 1. The number of nitrogens with one attached hydrogen (secondary N) is 1. The van der Waals surface area contributed by atoms with Crippen molar-refractivity contribution in [1.29, 1.82) is 0 Å². The van der Waals surface area contributed by atoms with Crippen molar-refractivity contribution in [3.63, 3.8) is 0 Å². The Bertz CT molecular complexity index is 1720. The predicted molar refractivity (Wildman–Crippen MR) is 149 cm³/mol. The molecule has 0 fully saturated rings. The standard InChI is InChI=1S/C23H19Cl2N5O6S2.Na/c1-13-8-9-16(10-20(13)37(32,33)29-15-6-4-3-5-7-15)26-27-22-14(2)28-30(23(22)31)19-11-18(25)21(12-17(19)24)38(34,35)36;/h3-12,22,29H,1-2H3,(H,34,35,36);. The van der Waals surface area contributed by atoms with Crippen LogP contribution in [0.2, 0.25) is 10.0 Å². The maximum atomic E-state index is 13.0. The molecule has 1 radical (unpaired) electrons. The van der Waals surface area contributed by atoms with Crippen molar-refractivity contribution in [2.75, 3.05) is 9.73 Å². The summed E-state index contributed by atoms with van der Waals surface area (Å²) in [4.78, 5) is 12.4. The molecule has 1 unspecified atom stereocenters. The van der Waals surface area contributed by atoms with E-state index in [2.05, 4.69) is 20.1 Å². The number of sulfonamides is 1. The number of nitrogens with zero attached hydrogens (tertiary/aromatic N) is 4. The molecule has 39 heavy (non-hydrogen) atoms. The smallest absolute Gasteiger partial charge is 0.282 e. The Morgan fingerprint density at radius 1 is 0.949 bits per heavy atom. The van der Waals surface area contributed by atoms with E-state index >= 15 is 0 Å². The Hall–Kier alpha value is -2.36. The minimum absolute atomic E-state index is 0. The van der Waals surface area contributed by atoms with E-state index < -0.39 is 37.0 Å². The third-order valence-electron chi connectivity index (χ3n) is 5.38. The molecule has 0 saturated heterocycles. The third-order valence-corrected chi connectivity index (χ3v) is 8.52. The summed E-state index contributed by atoms with van der Waals surface area (Å²) in [6.45, 7) is 3.16. The molecule has 0 aromatic heterocycles. The molecular formula is C23H19Cl2N5NaO6S2. The molecule has 2 N–H and O–H groups in total. The first-order valence-corrected chi connectivity index (χ1v) is 14.4. The number of carbonyl (C=O) groups excluding carboxylic acids is 1. The van der Waals surface area contributed by atoms with Gasteiger partial charge in [0.05, 0.1) is 32.0 Å². The molecule has 0 bridgehead atoms. The molecule has 0 saturated carbocycles. The van der Waals surface area contributed by atoms with Crippen LogP contribution in [0.3, 0.4) is 0 Å². The van der Waals surface area contributed by atoms with Crippen molar-refractivity contribution in [2.45, 2.75) is 29.7 Å². The van der Waals surface area contributed by atoms with Crippen LogP contribution in [0.1, 0.15) is 12.5 Å². The number of amides is 1. The van der Waals surface area contributed by atoms with Gasteiger partial charge in [-0.15, -0.1) is 0 Å². The number of rotatable bonds is 7. The predicted octanol–water partition coefficient (Wildman–Crippen LogP) is 4.84. The number of hydrogen-bond donors (Lipinski definition) is 2. The maximum absolute atomic E-state index is 13.0. The summed E-state index contributed by atoms with van der Waals surface area (Å²) in [6, 6.07) is 13.7. The van der Waals surface area contributed by atoms with Crippen LogP contribution in [0.15, 0.2) is 85.8 Å².